The number of unbranched alkanes of at least 4 members (excludes halogenated alkanes) is 22. The summed E-state index contributed by atoms with van der Waals surface area (Å²) in [7, 11) is 1.34. The molecule has 0 heterocycles. The second-order valence-electron chi connectivity index (χ2n) is 17.8. The van der Waals surface area contributed by atoms with Crippen molar-refractivity contribution in [3.63, 3.8) is 0 Å². The first kappa shape index (κ1) is 59.2. The molecule has 61 heavy (non-hydrogen) atoms. The summed E-state index contributed by atoms with van der Waals surface area (Å²) < 4.78 is 34.7. The van der Waals surface area contributed by atoms with Crippen molar-refractivity contribution < 1.29 is 37.3 Å². The van der Waals surface area contributed by atoms with E-state index in [2.05, 4.69) is 74.6 Å². The van der Waals surface area contributed by atoms with Gasteiger partial charge in [-0.3, -0.25) is 9.36 Å². The average Bonchev–Trinajstić information content (AvgIpc) is 3.22. The normalized spacial score (nSPS) is 14.1. The second kappa shape index (κ2) is 44.8. The lowest BCUT2D eigenvalue weighted by molar-refractivity contribution is -0.870. The van der Waals surface area contributed by atoms with Gasteiger partial charge >= 0.3 is 5.97 Å². The van der Waals surface area contributed by atoms with Crippen molar-refractivity contribution in [3.8, 4) is 0 Å². The fourth-order valence-electron chi connectivity index (χ4n) is 6.71. The van der Waals surface area contributed by atoms with Crippen molar-refractivity contribution in [1.82, 2.24) is 0 Å². The molecule has 2 unspecified atom stereocenters. The minimum Gasteiger partial charge on any atom is -0.756 e. The van der Waals surface area contributed by atoms with E-state index in [1.807, 2.05) is 21.1 Å². The third-order valence-electron chi connectivity index (χ3n) is 10.6. The largest absolute Gasteiger partial charge is 0.756 e. The van der Waals surface area contributed by atoms with Crippen molar-refractivity contribution in [2.75, 3.05) is 54.1 Å². The first-order valence-electron chi connectivity index (χ1n) is 25.0. The van der Waals surface area contributed by atoms with E-state index >= 15 is 0 Å². The Morgan fingerprint density at radius 2 is 0.951 bits per heavy atom. The predicted octanol–water partition coefficient (Wildman–Crippen LogP) is 14.6. The number of hydrogen-bond donors (Lipinski definition) is 0. The minimum absolute atomic E-state index is 0.0213. The van der Waals surface area contributed by atoms with Gasteiger partial charge < -0.3 is 27.9 Å². The summed E-state index contributed by atoms with van der Waals surface area (Å²) >= 11 is 0. The zero-order chi connectivity index (χ0) is 44.8. The fourth-order valence-corrected chi connectivity index (χ4v) is 7.44. The summed E-state index contributed by atoms with van der Waals surface area (Å²) in [4.78, 5) is 25.2. The van der Waals surface area contributed by atoms with Crippen LogP contribution in [0, 0.1) is 0 Å². The molecule has 0 aromatic rings. The molecule has 0 spiro atoms. The molecule has 0 radical (unpaired) electrons. The lowest BCUT2D eigenvalue weighted by atomic mass is 10.1. The van der Waals surface area contributed by atoms with E-state index in [-0.39, 0.29) is 25.8 Å². The van der Waals surface area contributed by atoms with Crippen LogP contribution in [0.2, 0.25) is 0 Å². The maximum Gasteiger partial charge on any atom is 0.306 e. The molecule has 0 N–H and O–H groups in total. The third kappa shape index (κ3) is 49.1. The summed E-state index contributed by atoms with van der Waals surface area (Å²) in [6.07, 6.45) is 56.6. The van der Waals surface area contributed by atoms with Gasteiger partial charge in [0.15, 0.2) is 0 Å². The number of esters is 1. The molecule has 0 aliphatic rings. The minimum atomic E-state index is -4.54. The van der Waals surface area contributed by atoms with E-state index < -0.39 is 13.9 Å². The molecule has 0 fully saturated rings. The highest BCUT2D eigenvalue weighted by Gasteiger charge is 2.20. The number of quaternary nitrogens is 1. The fraction of sp³-hybridized carbons (Fsp3) is 0.788. The maximum absolute atomic E-state index is 12.7. The highest BCUT2D eigenvalue weighted by atomic mass is 31.2. The molecule has 0 aliphatic heterocycles. The highest BCUT2D eigenvalue weighted by molar-refractivity contribution is 7.45. The number of phosphoric ester groups is 1. The van der Waals surface area contributed by atoms with Gasteiger partial charge in [-0.05, 0) is 77.0 Å². The monoisotopic (exact) mass is 878 g/mol. The smallest absolute Gasteiger partial charge is 0.306 e. The molecular formula is C52H96NO7P. The van der Waals surface area contributed by atoms with Gasteiger partial charge in [0, 0.05) is 13.0 Å². The van der Waals surface area contributed by atoms with Crippen LogP contribution in [-0.4, -0.2) is 70.7 Å². The summed E-state index contributed by atoms with van der Waals surface area (Å²) in [5.74, 6) is -0.341. The number of nitrogens with zero attached hydrogens (tertiary/aromatic N) is 1. The Kier molecular flexibility index (Phi) is 43.5. The van der Waals surface area contributed by atoms with Crippen LogP contribution in [0.4, 0.5) is 0 Å². The van der Waals surface area contributed by atoms with E-state index in [4.69, 9.17) is 18.5 Å². The molecule has 0 bridgehead atoms. The number of allylic oxidation sites excluding steroid dienone is 10. The zero-order valence-electron chi connectivity index (χ0n) is 40.4. The maximum atomic E-state index is 12.7. The van der Waals surface area contributed by atoms with Crippen molar-refractivity contribution in [2.24, 2.45) is 0 Å². The molecule has 8 nitrogen and oxygen atoms in total. The van der Waals surface area contributed by atoms with Crippen molar-refractivity contribution in [3.05, 3.63) is 60.8 Å². The second-order valence-corrected chi connectivity index (χ2v) is 19.2. The summed E-state index contributed by atoms with van der Waals surface area (Å²) in [6.45, 7) is 5.28. The first-order chi connectivity index (χ1) is 29.6. The van der Waals surface area contributed by atoms with Gasteiger partial charge in [-0.1, -0.05) is 184 Å². The summed E-state index contributed by atoms with van der Waals surface area (Å²) in [6, 6.07) is 0. The van der Waals surface area contributed by atoms with E-state index in [0.717, 1.165) is 70.6 Å². The van der Waals surface area contributed by atoms with Crippen LogP contribution in [0.5, 0.6) is 0 Å². The van der Waals surface area contributed by atoms with Crippen molar-refractivity contribution >= 4 is 13.8 Å². The Morgan fingerprint density at radius 3 is 1.44 bits per heavy atom. The van der Waals surface area contributed by atoms with Gasteiger partial charge in [0.25, 0.3) is 7.82 Å². The lowest BCUT2D eigenvalue weighted by Gasteiger charge is -2.28. The van der Waals surface area contributed by atoms with Gasteiger partial charge in [-0.15, -0.1) is 0 Å². The van der Waals surface area contributed by atoms with E-state index in [9.17, 15) is 14.3 Å². The Bertz CT molecular complexity index is 1160. The number of ether oxygens (including phenoxy) is 2. The van der Waals surface area contributed by atoms with E-state index in [1.54, 1.807) is 0 Å². The van der Waals surface area contributed by atoms with Crippen LogP contribution < -0.4 is 4.89 Å². The summed E-state index contributed by atoms with van der Waals surface area (Å²) in [5, 5.41) is 0. The van der Waals surface area contributed by atoms with E-state index in [1.165, 1.54) is 116 Å². The van der Waals surface area contributed by atoms with Crippen LogP contribution in [0.3, 0.4) is 0 Å². The number of hydrogen-bond acceptors (Lipinski definition) is 7. The zero-order valence-corrected chi connectivity index (χ0v) is 41.2. The van der Waals surface area contributed by atoms with E-state index in [0.29, 0.717) is 24.1 Å². The molecule has 0 saturated heterocycles. The lowest BCUT2D eigenvalue weighted by Crippen LogP contribution is -2.37. The van der Waals surface area contributed by atoms with Gasteiger partial charge in [0.1, 0.15) is 19.3 Å². The Morgan fingerprint density at radius 1 is 0.525 bits per heavy atom. The average molecular weight is 878 g/mol. The van der Waals surface area contributed by atoms with Crippen LogP contribution in [0.25, 0.3) is 0 Å². The van der Waals surface area contributed by atoms with Crippen molar-refractivity contribution in [2.45, 2.75) is 213 Å². The number of phosphoric acid groups is 1. The number of likely N-dealkylation sites (N-methyl/N-ethyl adjacent to an activating group) is 1. The Labute approximate surface area is 377 Å². The van der Waals surface area contributed by atoms with Gasteiger partial charge in [0.05, 0.1) is 34.4 Å². The standard InChI is InChI=1S/C52H96NO7P/c1-6-8-10-12-14-16-18-20-22-24-26-28-30-32-34-36-38-40-42-44-47-57-49-51(50-59-61(55,56)58-48-46-53(3,4)5)60-52(54)45-43-41-39-37-35-33-31-29-27-25-23-21-19-17-15-13-11-9-7-2/h8,10,14,16,20-23,26,28,51H,6-7,9,11-13,15,17-19,24-25,27,29-50H2,1-5H3/b10-8-,16-14-,22-20-,23-21-,28-26-. The molecule has 2 atom stereocenters. The Balaban J connectivity index is 4.19. The van der Waals surface area contributed by atoms with Gasteiger partial charge in [0.2, 0.25) is 0 Å². The van der Waals surface area contributed by atoms with Crippen molar-refractivity contribution in [1.29, 1.82) is 0 Å². The Hall–Kier alpha value is -1.80. The van der Waals surface area contributed by atoms with Crippen LogP contribution in [-0.2, 0) is 27.9 Å². The SMILES string of the molecule is CC/C=C\C/C=C\C/C=C\C/C=C\CCCCCCCCCOCC(COP(=O)([O-])OCC[N+](C)(C)C)OC(=O)CCCCCCCCCCC/C=C\CCCCCCCC. The molecule has 356 valence electrons. The summed E-state index contributed by atoms with van der Waals surface area (Å²) in [5.41, 5.74) is 0. The molecule has 0 rings (SSSR count). The number of carbonyl (C=O) groups excluding carboxylic acids is 1. The molecule has 0 aromatic heterocycles. The first-order valence-corrected chi connectivity index (χ1v) is 26.5. The molecule has 0 aromatic carbocycles. The van der Waals surface area contributed by atoms with Gasteiger partial charge in [-0.2, -0.15) is 0 Å². The highest BCUT2D eigenvalue weighted by Crippen LogP contribution is 2.38. The molecule has 0 aliphatic carbocycles. The van der Waals surface area contributed by atoms with Crippen LogP contribution >= 0.6 is 7.82 Å². The molecular weight excluding hydrogens is 782 g/mol. The molecule has 0 saturated carbocycles. The molecule has 0 amide bonds. The molecule has 9 heteroatoms. The quantitative estimate of drug-likeness (QED) is 0.0198. The number of carbonyl (C=O) groups is 1. The van der Waals surface area contributed by atoms with Crippen LogP contribution in [0.15, 0.2) is 60.8 Å². The van der Waals surface area contributed by atoms with Gasteiger partial charge in [-0.25, -0.2) is 0 Å². The third-order valence-corrected chi connectivity index (χ3v) is 11.5. The topological polar surface area (TPSA) is 94.1 Å². The van der Waals surface area contributed by atoms with Crippen LogP contribution in [0.1, 0.15) is 206 Å². The number of rotatable bonds is 46. The predicted molar refractivity (Wildman–Crippen MR) is 259 cm³/mol.